The van der Waals surface area contributed by atoms with E-state index in [2.05, 4.69) is 70.6 Å². The number of aromatic nitrogens is 1. The lowest BCUT2D eigenvalue weighted by Gasteiger charge is -2.15. The number of ether oxygens (including phenoxy) is 2. The highest BCUT2D eigenvalue weighted by molar-refractivity contribution is 9.10. The molecule has 0 saturated carbocycles. The summed E-state index contributed by atoms with van der Waals surface area (Å²) in [6.07, 6.45) is 6.29. The maximum absolute atomic E-state index is 5.91. The van der Waals surface area contributed by atoms with Crippen LogP contribution in [-0.4, -0.2) is 33.0 Å². The van der Waals surface area contributed by atoms with Crippen molar-refractivity contribution in [1.82, 2.24) is 4.57 Å². The zero-order valence-electron chi connectivity index (χ0n) is 14.4. The average Bonchev–Trinajstić information content (AvgIpc) is 2.80. The van der Waals surface area contributed by atoms with E-state index in [-0.39, 0.29) is 0 Å². The number of benzene rings is 1. The zero-order valence-corrected chi connectivity index (χ0v) is 17.0. The van der Waals surface area contributed by atoms with E-state index >= 15 is 0 Å². The van der Waals surface area contributed by atoms with Crippen molar-refractivity contribution in [3.8, 4) is 0 Å². The van der Waals surface area contributed by atoms with E-state index in [1.54, 1.807) is 7.11 Å². The standard InChI is InChI=1S/C18H26BrNO2Si/c1-21-9-5-6-15-13-20(14-22-10-11-23(2,3)4)18-8-7-16(19)12-17(15)18/h5-8,12-13H,9-11,14H2,1-4H3. The summed E-state index contributed by atoms with van der Waals surface area (Å²) < 4.78 is 14.3. The van der Waals surface area contributed by atoms with E-state index < -0.39 is 8.07 Å². The van der Waals surface area contributed by atoms with Crippen molar-refractivity contribution in [2.24, 2.45) is 0 Å². The van der Waals surface area contributed by atoms with Gasteiger partial charge < -0.3 is 14.0 Å². The Bertz CT molecular complexity index is 673. The Kier molecular flexibility index (Phi) is 6.65. The van der Waals surface area contributed by atoms with Crippen LogP contribution < -0.4 is 0 Å². The summed E-state index contributed by atoms with van der Waals surface area (Å²) in [6.45, 7) is 9.17. The van der Waals surface area contributed by atoms with Crippen LogP contribution in [0.2, 0.25) is 25.7 Å². The molecule has 0 spiro atoms. The minimum absolute atomic E-state index is 0.598. The number of hydrogen-bond acceptors (Lipinski definition) is 2. The van der Waals surface area contributed by atoms with Crippen LogP contribution in [0.15, 0.2) is 34.9 Å². The van der Waals surface area contributed by atoms with Crippen molar-refractivity contribution in [1.29, 1.82) is 0 Å². The molecule has 0 N–H and O–H groups in total. The third-order valence-corrected chi connectivity index (χ3v) is 5.86. The second-order valence-corrected chi connectivity index (χ2v) is 13.5. The molecule has 0 aliphatic heterocycles. The van der Waals surface area contributed by atoms with Crippen LogP contribution in [0.1, 0.15) is 5.56 Å². The third-order valence-electron chi connectivity index (χ3n) is 3.66. The van der Waals surface area contributed by atoms with E-state index in [0.29, 0.717) is 13.3 Å². The van der Waals surface area contributed by atoms with E-state index in [9.17, 15) is 0 Å². The molecule has 2 rings (SSSR count). The summed E-state index contributed by atoms with van der Waals surface area (Å²) >= 11 is 3.56. The van der Waals surface area contributed by atoms with Crippen molar-refractivity contribution in [3.63, 3.8) is 0 Å². The van der Waals surface area contributed by atoms with Crippen molar-refractivity contribution >= 4 is 41.0 Å². The molecule has 0 atom stereocenters. The second kappa shape index (κ2) is 8.28. The highest BCUT2D eigenvalue weighted by Crippen LogP contribution is 2.26. The lowest BCUT2D eigenvalue weighted by atomic mass is 10.1. The van der Waals surface area contributed by atoms with Gasteiger partial charge in [0.25, 0.3) is 0 Å². The predicted molar refractivity (Wildman–Crippen MR) is 105 cm³/mol. The van der Waals surface area contributed by atoms with Gasteiger partial charge in [-0.05, 0) is 29.8 Å². The Morgan fingerprint density at radius 2 is 2.04 bits per heavy atom. The van der Waals surface area contributed by atoms with E-state index in [4.69, 9.17) is 9.47 Å². The lowest BCUT2D eigenvalue weighted by molar-refractivity contribution is 0.0902. The average molecular weight is 396 g/mol. The minimum Gasteiger partial charge on any atom is -0.381 e. The van der Waals surface area contributed by atoms with Gasteiger partial charge in [0, 0.05) is 37.8 Å². The largest absolute Gasteiger partial charge is 0.381 e. The molecule has 0 aliphatic carbocycles. The highest BCUT2D eigenvalue weighted by Gasteiger charge is 2.12. The molecule has 2 aromatic rings. The minimum atomic E-state index is -1.04. The summed E-state index contributed by atoms with van der Waals surface area (Å²) in [7, 11) is 0.666. The molecule has 0 aliphatic rings. The quantitative estimate of drug-likeness (QED) is 0.442. The van der Waals surface area contributed by atoms with E-state index in [0.717, 1.165) is 11.1 Å². The Morgan fingerprint density at radius 1 is 1.26 bits per heavy atom. The number of nitrogens with zero attached hydrogens (tertiary/aromatic N) is 1. The van der Waals surface area contributed by atoms with Gasteiger partial charge in [-0.2, -0.15) is 0 Å². The molecular formula is C18H26BrNO2Si. The summed E-state index contributed by atoms with van der Waals surface area (Å²) in [5.74, 6) is 0. The molecule has 23 heavy (non-hydrogen) atoms. The third kappa shape index (κ3) is 5.60. The fourth-order valence-electron chi connectivity index (χ4n) is 2.35. The molecule has 0 fully saturated rings. The smallest absolute Gasteiger partial charge is 0.122 e. The number of fused-ring (bicyclic) bond motifs is 1. The summed E-state index contributed by atoms with van der Waals surface area (Å²) in [5.41, 5.74) is 2.38. The SMILES string of the molecule is COCC=Cc1cn(COCC[Si](C)(C)C)c2ccc(Br)cc12. The van der Waals surface area contributed by atoms with Gasteiger partial charge in [-0.25, -0.2) is 0 Å². The van der Waals surface area contributed by atoms with Crippen LogP contribution in [0.4, 0.5) is 0 Å². The van der Waals surface area contributed by atoms with Crippen LogP contribution in [-0.2, 0) is 16.2 Å². The van der Waals surface area contributed by atoms with Crippen molar-refractivity contribution in [2.45, 2.75) is 32.4 Å². The fourth-order valence-corrected chi connectivity index (χ4v) is 3.47. The van der Waals surface area contributed by atoms with Crippen LogP contribution in [0.5, 0.6) is 0 Å². The molecule has 1 heterocycles. The zero-order chi connectivity index (χ0) is 16.9. The van der Waals surface area contributed by atoms with Gasteiger partial charge in [-0.1, -0.05) is 47.7 Å². The first-order valence-electron chi connectivity index (χ1n) is 7.92. The maximum atomic E-state index is 5.91. The van der Waals surface area contributed by atoms with Crippen LogP contribution in [0, 0.1) is 0 Å². The maximum Gasteiger partial charge on any atom is 0.122 e. The molecule has 1 aromatic carbocycles. The number of methoxy groups -OCH3 is 1. The normalized spacial score (nSPS) is 12.6. The molecule has 3 nitrogen and oxygen atoms in total. The Labute approximate surface area is 148 Å². The summed E-state index contributed by atoms with van der Waals surface area (Å²) in [5, 5.41) is 1.22. The Hall–Kier alpha value is -0.883. The van der Waals surface area contributed by atoms with Gasteiger partial charge in [0.1, 0.15) is 6.73 Å². The lowest BCUT2D eigenvalue weighted by Crippen LogP contribution is -2.21. The van der Waals surface area contributed by atoms with Crippen molar-refractivity contribution in [3.05, 3.63) is 40.5 Å². The first-order valence-corrected chi connectivity index (χ1v) is 12.4. The number of halogens is 1. The first kappa shape index (κ1) is 18.5. The Morgan fingerprint density at radius 3 is 2.74 bits per heavy atom. The number of hydrogen-bond donors (Lipinski definition) is 0. The molecule has 0 unspecified atom stereocenters. The van der Waals surface area contributed by atoms with Crippen LogP contribution >= 0.6 is 15.9 Å². The molecule has 0 saturated heterocycles. The predicted octanol–water partition coefficient (Wildman–Crippen LogP) is 5.38. The molecular weight excluding hydrogens is 370 g/mol. The molecule has 0 bridgehead atoms. The topological polar surface area (TPSA) is 23.4 Å². The van der Waals surface area contributed by atoms with Crippen molar-refractivity contribution in [2.75, 3.05) is 20.3 Å². The van der Waals surface area contributed by atoms with Gasteiger partial charge in [-0.15, -0.1) is 0 Å². The van der Waals surface area contributed by atoms with Gasteiger partial charge in [0.15, 0.2) is 0 Å². The molecule has 0 radical (unpaired) electrons. The first-order chi connectivity index (χ1) is 10.9. The van der Waals surface area contributed by atoms with Gasteiger partial charge in [-0.3, -0.25) is 0 Å². The molecule has 1 aromatic heterocycles. The molecule has 126 valence electrons. The van der Waals surface area contributed by atoms with Gasteiger partial charge in [0.2, 0.25) is 0 Å². The highest BCUT2D eigenvalue weighted by atomic mass is 79.9. The van der Waals surface area contributed by atoms with Crippen molar-refractivity contribution < 1.29 is 9.47 Å². The summed E-state index contributed by atoms with van der Waals surface area (Å²) in [6, 6.07) is 7.55. The summed E-state index contributed by atoms with van der Waals surface area (Å²) in [4.78, 5) is 0. The molecule has 0 amide bonds. The second-order valence-electron chi connectivity index (χ2n) is 6.92. The molecule has 5 heteroatoms. The monoisotopic (exact) mass is 395 g/mol. The van der Waals surface area contributed by atoms with Gasteiger partial charge >= 0.3 is 0 Å². The van der Waals surface area contributed by atoms with Crippen LogP contribution in [0.3, 0.4) is 0 Å². The fraction of sp³-hybridized carbons (Fsp3) is 0.444. The van der Waals surface area contributed by atoms with E-state index in [1.165, 1.54) is 22.5 Å². The van der Waals surface area contributed by atoms with Gasteiger partial charge in [0.05, 0.1) is 12.1 Å². The Balaban J connectivity index is 2.16. The number of rotatable bonds is 8. The van der Waals surface area contributed by atoms with Crippen LogP contribution in [0.25, 0.3) is 17.0 Å². The van der Waals surface area contributed by atoms with E-state index in [1.807, 2.05) is 6.08 Å².